The Hall–Kier alpha value is -1.51. The van der Waals surface area contributed by atoms with Crippen molar-refractivity contribution in [3.63, 3.8) is 0 Å². The lowest BCUT2D eigenvalue weighted by Gasteiger charge is -2.14. The molecule has 19 heavy (non-hydrogen) atoms. The van der Waals surface area contributed by atoms with Crippen LogP contribution in [0.3, 0.4) is 0 Å². The van der Waals surface area contributed by atoms with E-state index in [0.717, 1.165) is 16.2 Å². The van der Waals surface area contributed by atoms with Crippen molar-refractivity contribution in [2.45, 2.75) is 12.5 Å². The number of amides is 1. The second-order valence-electron chi connectivity index (χ2n) is 3.50. The molecule has 1 unspecified atom stereocenters. The molecule has 2 rings (SSSR count). The average Bonchev–Trinajstić information content (AvgIpc) is 2.97. The largest absolute Gasteiger partial charge is 0.481 e. The molecule has 6 nitrogen and oxygen atoms in total. The third-order valence-electron chi connectivity index (χ3n) is 2.17. The van der Waals surface area contributed by atoms with Crippen LogP contribution in [-0.4, -0.2) is 27.2 Å². The Bertz CT molecular complexity index is 585. The highest BCUT2D eigenvalue weighted by Crippen LogP contribution is 2.23. The lowest BCUT2D eigenvalue weighted by atomic mass is 10.1. The zero-order chi connectivity index (χ0) is 13.8. The molecule has 9 heteroatoms. The smallest absolute Gasteiger partial charge is 0.305 e. The summed E-state index contributed by atoms with van der Waals surface area (Å²) in [7, 11) is 0. The third kappa shape index (κ3) is 3.72. The number of aromatic nitrogens is 2. The number of rotatable bonds is 5. The summed E-state index contributed by atoms with van der Waals surface area (Å²) in [6, 6.07) is 2.97. The number of hydrogen-bond acceptors (Lipinski definition) is 6. The Morgan fingerprint density at radius 1 is 1.47 bits per heavy atom. The van der Waals surface area contributed by atoms with Crippen LogP contribution in [0.5, 0.6) is 0 Å². The molecule has 0 aliphatic heterocycles. The zero-order valence-electron chi connectivity index (χ0n) is 9.37. The van der Waals surface area contributed by atoms with Gasteiger partial charge in [0.05, 0.1) is 12.5 Å². The monoisotopic (exact) mass is 317 g/mol. The number of carbonyl (C=O) groups is 2. The molecule has 2 aromatic heterocycles. The Morgan fingerprint density at radius 2 is 2.26 bits per heavy atom. The van der Waals surface area contributed by atoms with Crippen LogP contribution in [0.15, 0.2) is 17.5 Å². The average molecular weight is 318 g/mol. The summed E-state index contributed by atoms with van der Waals surface area (Å²) >= 11 is 7.92. The van der Waals surface area contributed by atoms with E-state index in [-0.39, 0.29) is 15.9 Å². The summed E-state index contributed by atoms with van der Waals surface area (Å²) in [4.78, 5) is 23.5. The molecule has 0 aromatic carbocycles. The number of carboxylic acid groups (broad SMARTS) is 1. The van der Waals surface area contributed by atoms with Gasteiger partial charge in [-0.05, 0) is 23.0 Å². The van der Waals surface area contributed by atoms with Crippen molar-refractivity contribution in [3.8, 4) is 0 Å². The second-order valence-corrected chi connectivity index (χ2v) is 6.04. The first-order valence-electron chi connectivity index (χ1n) is 5.11. The molecule has 0 aliphatic carbocycles. The van der Waals surface area contributed by atoms with Gasteiger partial charge in [-0.25, -0.2) is 0 Å². The van der Waals surface area contributed by atoms with E-state index in [1.165, 1.54) is 11.3 Å². The van der Waals surface area contributed by atoms with Crippen molar-refractivity contribution in [2.75, 3.05) is 0 Å². The van der Waals surface area contributed by atoms with Gasteiger partial charge in [0, 0.05) is 4.88 Å². The highest BCUT2D eigenvalue weighted by Gasteiger charge is 2.21. The Labute approximate surface area is 121 Å². The van der Waals surface area contributed by atoms with Gasteiger partial charge >= 0.3 is 5.97 Å². The third-order valence-corrected chi connectivity index (χ3v) is 4.17. The van der Waals surface area contributed by atoms with E-state index in [1.807, 2.05) is 5.38 Å². The van der Waals surface area contributed by atoms with Crippen molar-refractivity contribution < 1.29 is 14.7 Å². The summed E-state index contributed by atoms with van der Waals surface area (Å²) in [6.07, 6.45) is -0.196. The predicted octanol–water partition coefficient (Wildman–Crippen LogP) is 2.20. The van der Waals surface area contributed by atoms with Crippen LogP contribution in [0.1, 0.15) is 27.1 Å². The maximum absolute atomic E-state index is 11.9. The minimum absolute atomic E-state index is 0.108. The topological polar surface area (TPSA) is 92.2 Å². The predicted molar refractivity (Wildman–Crippen MR) is 71.7 cm³/mol. The standard InChI is InChI=1S/C10H8ClN3O3S2/c11-10-14-13-9(19-10)8(17)12-5(4-7(15)16)6-2-1-3-18-6/h1-3,5H,4H2,(H,12,17)(H,15,16). The summed E-state index contributed by atoms with van der Waals surface area (Å²) in [5.41, 5.74) is 0. The molecule has 0 radical (unpaired) electrons. The van der Waals surface area contributed by atoms with Gasteiger partial charge in [-0.3, -0.25) is 9.59 Å². The fraction of sp³-hybridized carbons (Fsp3) is 0.200. The molecule has 2 heterocycles. The fourth-order valence-corrected chi connectivity index (χ4v) is 2.91. The number of thiophene rings is 1. The van der Waals surface area contributed by atoms with E-state index in [2.05, 4.69) is 15.5 Å². The molecule has 0 bridgehead atoms. The summed E-state index contributed by atoms with van der Waals surface area (Å²) in [5, 5.41) is 20.6. The van der Waals surface area contributed by atoms with E-state index < -0.39 is 17.9 Å². The van der Waals surface area contributed by atoms with E-state index in [1.54, 1.807) is 12.1 Å². The number of nitrogens with one attached hydrogen (secondary N) is 1. The molecule has 0 saturated heterocycles. The van der Waals surface area contributed by atoms with E-state index in [4.69, 9.17) is 16.7 Å². The Morgan fingerprint density at radius 3 is 2.79 bits per heavy atom. The molecule has 2 N–H and O–H groups in total. The van der Waals surface area contributed by atoms with Crippen LogP contribution in [0.25, 0.3) is 0 Å². The van der Waals surface area contributed by atoms with E-state index in [0.29, 0.717) is 0 Å². The number of aliphatic carboxylic acids is 1. The molecule has 0 aliphatic rings. The fourth-order valence-electron chi connectivity index (χ4n) is 1.40. The first kappa shape index (κ1) is 13.9. The molecular formula is C10H8ClN3O3S2. The highest BCUT2D eigenvalue weighted by molar-refractivity contribution is 7.17. The van der Waals surface area contributed by atoms with Gasteiger partial charge in [-0.2, -0.15) is 0 Å². The van der Waals surface area contributed by atoms with Gasteiger partial charge in [-0.15, -0.1) is 21.5 Å². The van der Waals surface area contributed by atoms with Gasteiger partial charge in [-0.1, -0.05) is 17.4 Å². The first-order chi connectivity index (χ1) is 9.06. The summed E-state index contributed by atoms with van der Waals surface area (Å²) in [6.45, 7) is 0. The van der Waals surface area contributed by atoms with Gasteiger partial charge in [0.2, 0.25) is 9.47 Å². The minimum atomic E-state index is -0.992. The van der Waals surface area contributed by atoms with E-state index >= 15 is 0 Å². The molecule has 1 atom stereocenters. The zero-order valence-corrected chi connectivity index (χ0v) is 11.8. The van der Waals surface area contributed by atoms with Crippen molar-refractivity contribution >= 4 is 46.2 Å². The summed E-state index contributed by atoms with van der Waals surface area (Å²) in [5.74, 6) is -1.47. The lowest BCUT2D eigenvalue weighted by molar-refractivity contribution is -0.137. The van der Waals surface area contributed by atoms with Crippen LogP contribution in [0.2, 0.25) is 4.47 Å². The Kier molecular flexibility index (Phi) is 4.46. The van der Waals surface area contributed by atoms with Crippen molar-refractivity contribution in [2.24, 2.45) is 0 Å². The van der Waals surface area contributed by atoms with Crippen LogP contribution >= 0.6 is 34.3 Å². The van der Waals surface area contributed by atoms with Gasteiger partial charge in [0.25, 0.3) is 5.91 Å². The Balaban J connectivity index is 2.12. The molecule has 1 amide bonds. The van der Waals surface area contributed by atoms with Crippen LogP contribution in [0, 0.1) is 0 Å². The molecule has 0 fully saturated rings. The van der Waals surface area contributed by atoms with Crippen molar-refractivity contribution in [1.29, 1.82) is 0 Å². The number of halogens is 1. The second kappa shape index (κ2) is 6.09. The molecule has 0 saturated carbocycles. The lowest BCUT2D eigenvalue weighted by Crippen LogP contribution is -2.29. The van der Waals surface area contributed by atoms with Crippen LogP contribution in [-0.2, 0) is 4.79 Å². The van der Waals surface area contributed by atoms with Gasteiger partial charge in [0.15, 0.2) is 0 Å². The van der Waals surface area contributed by atoms with Gasteiger partial charge in [0.1, 0.15) is 0 Å². The molecule has 2 aromatic rings. The van der Waals surface area contributed by atoms with Crippen molar-refractivity contribution in [3.05, 3.63) is 31.9 Å². The highest BCUT2D eigenvalue weighted by atomic mass is 35.5. The van der Waals surface area contributed by atoms with Gasteiger partial charge < -0.3 is 10.4 Å². The maximum Gasteiger partial charge on any atom is 0.305 e. The number of carbonyl (C=O) groups excluding carboxylic acids is 1. The van der Waals surface area contributed by atoms with Crippen LogP contribution < -0.4 is 5.32 Å². The number of hydrogen-bond donors (Lipinski definition) is 2. The molecule has 0 spiro atoms. The van der Waals surface area contributed by atoms with Crippen LogP contribution in [0.4, 0.5) is 0 Å². The van der Waals surface area contributed by atoms with Crippen molar-refractivity contribution in [1.82, 2.24) is 15.5 Å². The van der Waals surface area contributed by atoms with E-state index in [9.17, 15) is 9.59 Å². The SMILES string of the molecule is O=C(O)CC(NC(=O)c1nnc(Cl)s1)c1cccs1. The first-order valence-corrected chi connectivity index (χ1v) is 7.18. The molecule has 100 valence electrons. The number of carboxylic acids is 1. The normalized spacial score (nSPS) is 12.1. The number of nitrogens with zero attached hydrogens (tertiary/aromatic N) is 2. The maximum atomic E-state index is 11.9. The quantitative estimate of drug-likeness (QED) is 0.882. The summed E-state index contributed by atoms with van der Waals surface area (Å²) < 4.78 is 0.163. The molecular weight excluding hydrogens is 310 g/mol. The minimum Gasteiger partial charge on any atom is -0.481 e.